The van der Waals surface area contributed by atoms with Gasteiger partial charge in [0.2, 0.25) is 5.44 Å². The van der Waals surface area contributed by atoms with Crippen LogP contribution in [-0.4, -0.2) is 37.0 Å². The zero-order valence-electron chi connectivity index (χ0n) is 27.2. The van der Waals surface area contributed by atoms with Crippen molar-refractivity contribution in [3.63, 3.8) is 0 Å². The Hall–Kier alpha value is -1.93. The molecule has 0 amide bonds. The van der Waals surface area contributed by atoms with Crippen LogP contribution in [-0.2, 0) is 19.6 Å². The van der Waals surface area contributed by atoms with E-state index in [0.717, 1.165) is 19.3 Å². The van der Waals surface area contributed by atoms with Gasteiger partial charge in [0.1, 0.15) is 0 Å². The number of carbonyl (C=O) groups is 2. The molecule has 1 atom stereocenters. The van der Waals surface area contributed by atoms with E-state index in [1.807, 2.05) is 0 Å². The van der Waals surface area contributed by atoms with E-state index in [-0.39, 0.29) is 24.2 Å². The normalized spacial score (nSPS) is 12.3. The van der Waals surface area contributed by atoms with E-state index >= 15 is 0 Å². The fourth-order valence-electron chi connectivity index (χ4n) is 5.30. The highest BCUT2D eigenvalue weighted by molar-refractivity contribution is 7.86. The van der Waals surface area contributed by atoms with E-state index in [1.54, 1.807) is 19.1 Å². The van der Waals surface area contributed by atoms with E-state index in [2.05, 4.69) is 6.92 Å². The molecule has 43 heavy (non-hydrogen) atoms. The maximum Gasteiger partial charge on any atom is 0.340 e. The van der Waals surface area contributed by atoms with Crippen molar-refractivity contribution in [1.29, 1.82) is 0 Å². The summed E-state index contributed by atoms with van der Waals surface area (Å²) in [5.74, 6) is -1.64. The summed E-state index contributed by atoms with van der Waals surface area (Å²) >= 11 is 0. The van der Waals surface area contributed by atoms with Gasteiger partial charge in [-0.25, -0.2) is 9.59 Å². The van der Waals surface area contributed by atoms with Crippen LogP contribution in [0, 0.1) is 0 Å². The third-order valence-electron chi connectivity index (χ3n) is 7.94. The summed E-state index contributed by atoms with van der Waals surface area (Å²) in [7, 11) is -4.57. The van der Waals surface area contributed by atoms with Gasteiger partial charge in [0.25, 0.3) is 0 Å². The van der Waals surface area contributed by atoms with Crippen LogP contribution in [0.25, 0.3) is 0 Å². The van der Waals surface area contributed by atoms with Gasteiger partial charge in [-0.15, -0.1) is 0 Å². The number of rotatable bonds is 28. The first-order valence-electron chi connectivity index (χ1n) is 17.2. The second-order valence-corrected chi connectivity index (χ2v) is 13.4. The fraction of sp³-hybridized carbons (Fsp3) is 0.771. The largest absolute Gasteiger partial charge is 0.462 e. The molecule has 0 spiro atoms. The van der Waals surface area contributed by atoms with Gasteiger partial charge in [-0.3, -0.25) is 4.55 Å². The predicted molar refractivity (Wildman–Crippen MR) is 175 cm³/mol. The Kier molecular flexibility index (Phi) is 23.1. The van der Waals surface area contributed by atoms with E-state index < -0.39 is 27.5 Å². The minimum Gasteiger partial charge on any atom is -0.462 e. The molecule has 0 bridgehead atoms. The van der Waals surface area contributed by atoms with Crippen molar-refractivity contribution >= 4 is 22.1 Å². The first kappa shape index (κ1) is 39.1. The molecule has 1 aromatic carbocycles. The first-order valence-corrected chi connectivity index (χ1v) is 18.7. The lowest BCUT2D eigenvalue weighted by Crippen LogP contribution is -2.27. The minimum absolute atomic E-state index is 0.0154. The molecule has 0 fully saturated rings. The molecule has 8 heteroatoms. The Balaban J connectivity index is 2.05. The van der Waals surface area contributed by atoms with Crippen LogP contribution in [0.2, 0.25) is 0 Å². The minimum atomic E-state index is -4.57. The monoisotopic (exact) mass is 624 g/mol. The summed E-state index contributed by atoms with van der Waals surface area (Å²) in [5.41, 5.74) is -1.74. The average molecular weight is 625 g/mol. The molecule has 248 valence electrons. The number of benzene rings is 1. The molecule has 0 heterocycles. The highest BCUT2D eigenvalue weighted by Gasteiger charge is 2.29. The molecule has 0 saturated carbocycles. The molecule has 7 nitrogen and oxygen atoms in total. The number of unbranched alkanes of at least 4 members (excludes halogenated alkanes) is 20. The second kappa shape index (κ2) is 25.4. The molecular formula is C35H60O7S. The molecule has 1 unspecified atom stereocenters. The molecule has 0 radical (unpaired) electrons. The van der Waals surface area contributed by atoms with Crippen LogP contribution >= 0.6 is 0 Å². The van der Waals surface area contributed by atoms with Crippen molar-refractivity contribution < 1.29 is 32.0 Å². The van der Waals surface area contributed by atoms with Crippen LogP contribution in [0.5, 0.6) is 0 Å². The van der Waals surface area contributed by atoms with Gasteiger partial charge < -0.3 is 9.47 Å². The molecule has 0 aliphatic rings. The number of carbonyl (C=O) groups excluding carboxylic acids is 2. The van der Waals surface area contributed by atoms with Crippen molar-refractivity contribution in [2.45, 2.75) is 167 Å². The smallest absolute Gasteiger partial charge is 0.340 e. The maximum atomic E-state index is 12.6. The van der Waals surface area contributed by atoms with Gasteiger partial charge in [-0.05, 0) is 18.6 Å². The van der Waals surface area contributed by atoms with Gasteiger partial charge in [-0.2, -0.15) is 8.42 Å². The zero-order valence-corrected chi connectivity index (χ0v) is 28.0. The van der Waals surface area contributed by atoms with E-state index in [9.17, 15) is 22.6 Å². The standard InChI is InChI=1S/C35H60O7S/c1-3-5-6-7-8-9-10-11-12-13-14-15-16-17-18-19-20-21-22-23-26-30-41-34(36)31-28-24-25-29-32(31)35(37)42-33(27-4-2)43(38,39)40/h24-25,28-29,33H,3-23,26-27,30H2,1-2H3,(H,38,39,40). The van der Waals surface area contributed by atoms with E-state index in [0.29, 0.717) is 6.42 Å². The number of hydrogen-bond acceptors (Lipinski definition) is 6. The summed E-state index contributed by atoms with van der Waals surface area (Å²) in [6, 6.07) is 5.97. The van der Waals surface area contributed by atoms with Gasteiger partial charge in [0, 0.05) is 6.42 Å². The molecule has 0 saturated heterocycles. The summed E-state index contributed by atoms with van der Waals surface area (Å²) in [6.45, 7) is 4.24. The van der Waals surface area contributed by atoms with Crippen molar-refractivity contribution in [2.75, 3.05) is 6.61 Å². The van der Waals surface area contributed by atoms with Crippen LogP contribution in [0.4, 0.5) is 0 Å². The molecule has 0 aliphatic heterocycles. The Morgan fingerprint density at radius 3 is 1.35 bits per heavy atom. The summed E-state index contributed by atoms with van der Waals surface area (Å²) in [6.07, 6.45) is 27.8. The third kappa shape index (κ3) is 19.9. The van der Waals surface area contributed by atoms with Gasteiger partial charge in [-0.1, -0.05) is 161 Å². The third-order valence-corrected chi connectivity index (χ3v) is 8.94. The van der Waals surface area contributed by atoms with E-state index in [4.69, 9.17) is 9.47 Å². The quantitative estimate of drug-likeness (QED) is 0.0561. The average Bonchev–Trinajstić information content (AvgIpc) is 2.98. The SMILES string of the molecule is CCCCCCCCCCCCCCCCCCCCCCCOC(=O)c1ccccc1C(=O)OC(CCC)S(=O)(=O)O. The molecule has 0 aromatic heterocycles. The fourth-order valence-corrected chi connectivity index (χ4v) is 6.05. The van der Waals surface area contributed by atoms with Gasteiger partial charge in [0.05, 0.1) is 17.7 Å². The Labute approximate surface area is 262 Å². The zero-order chi connectivity index (χ0) is 31.6. The lowest BCUT2D eigenvalue weighted by atomic mass is 10.0. The number of esters is 2. The predicted octanol–water partition coefficient (Wildman–Crippen LogP) is 10.2. The Morgan fingerprint density at radius 1 is 0.605 bits per heavy atom. The highest BCUT2D eigenvalue weighted by atomic mass is 32.2. The summed E-state index contributed by atoms with van der Waals surface area (Å²) in [4.78, 5) is 25.2. The van der Waals surface area contributed by atoms with E-state index in [1.165, 1.54) is 128 Å². The Morgan fingerprint density at radius 2 is 0.977 bits per heavy atom. The molecular weight excluding hydrogens is 564 g/mol. The first-order chi connectivity index (χ1) is 20.8. The van der Waals surface area contributed by atoms with Crippen molar-refractivity contribution in [3.8, 4) is 0 Å². The molecule has 1 rings (SSSR count). The second-order valence-electron chi connectivity index (χ2n) is 11.9. The van der Waals surface area contributed by atoms with Crippen LogP contribution in [0.1, 0.15) is 182 Å². The van der Waals surface area contributed by atoms with Crippen LogP contribution in [0.15, 0.2) is 24.3 Å². The molecule has 1 aromatic rings. The van der Waals surface area contributed by atoms with Gasteiger partial charge in [0.15, 0.2) is 0 Å². The lowest BCUT2D eigenvalue weighted by Gasteiger charge is -2.15. The van der Waals surface area contributed by atoms with Crippen molar-refractivity contribution in [3.05, 3.63) is 35.4 Å². The molecule has 0 aliphatic carbocycles. The van der Waals surface area contributed by atoms with Gasteiger partial charge >= 0.3 is 22.1 Å². The highest BCUT2D eigenvalue weighted by Crippen LogP contribution is 2.18. The summed E-state index contributed by atoms with van der Waals surface area (Å²) < 4.78 is 42.7. The Bertz CT molecular complexity index is 961. The van der Waals surface area contributed by atoms with Crippen LogP contribution in [0.3, 0.4) is 0 Å². The van der Waals surface area contributed by atoms with Crippen molar-refractivity contribution in [1.82, 2.24) is 0 Å². The topological polar surface area (TPSA) is 107 Å². The summed E-state index contributed by atoms with van der Waals surface area (Å²) in [5, 5.41) is 0. The van der Waals surface area contributed by atoms with Crippen LogP contribution < -0.4 is 0 Å². The maximum absolute atomic E-state index is 12.6. The van der Waals surface area contributed by atoms with Crippen molar-refractivity contribution in [2.24, 2.45) is 0 Å². The number of ether oxygens (including phenoxy) is 2. The lowest BCUT2D eigenvalue weighted by molar-refractivity contribution is 0.0395. The molecule has 1 N–H and O–H groups in total. The number of hydrogen-bond donors (Lipinski definition) is 1.